The number of amides is 1. The molecule has 1 aliphatic heterocycles. The van der Waals surface area contributed by atoms with Crippen molar-refractivity contribution >= 4 is 55.1 Å². The highest BCUT2D eigenvalue weighted by atomic mass is 79.9. The van der Waals surface area contributed by atoms with E-state index in [1.807, 2.05) is 24.3 Å². The van der Waals surface area contributed by atoms with E-state index >= 15 is 0 Å². The molecular formula is C20H22BrN3O3S2. The first-order valence-electron chi connectivity index (χ1n) is 9.27. The maximum absolute atomic E-state index is 12.7. The zero-order chi connectivity index (χ0) is 20.7. The molecule has 0 atom stereocenters. The van der Waals surface area contributed by atoms with Gasteiger partial charge in [-0.1, -0.05) is 28.4 Å². The molecule has 0 fully saturated rings. The molecule has 0 spiro atoms. The van der Waals surface area contributed by atoms with Gasteiger partial charge in [0.15, 0.2) is 0 Å². The minimum absolute atomic E-state index is 0.0998. The number of hydrogen-bond acceptors (Lipinski definition) is 5. The Balaban J connectivity index is 1.61. The highest BCUT2D eigenvalue weighted by Gasteiger charge is 2.18. The highest BCUT2D eigenvalue weighted by molar-refractivity contribution is 9.10. The van der Waals surface area contributed by atoms with Gasteiger partial charge in [-0.15, -0.1) is 11.8 Å². The summed E-state index contributed by atoms with van der Waals surface area (Å²) in [4.78, 5) is 17.6. The molecule has 0 radical (unpaired) electrons. The van der Waals surface area contributed by atoms with Crippen LogP contribution in [0.15, 0.2) is 67.8 Å². The molecule has 6 nitrogen and oxygen atoms in total. The standard InChI is InChI=1S/C20H22BrN3O3S2/c21-15-8-10-17(11-9-15)28-14-20(25)23-16-5-4-6-18(13-16)29(26,27)24-19-7-2-1-3-12-22-19/h4-6,8-11,13H,1-3,7,12,14H2,(H,22,24)(H,23,25). The quantitative estimate of drug-likeness (QED) is 0.580. The Hall–Kier alpha value is -1.84. The van der Waals surface area contributed by atoms with Crippen LogP contribution in [0.5, 0.6) is 0 Å². The predicted octanol–water partition coefficient (Wildman–Crippen LogP) is 4.43. The molecule has 9 heteroatoms. The Bertz CT molecular complexity index is 992. The number of rotatable bonds is 6. The molecule has 0 unspecified atom stereocenters. The van der Waals surface area contributed by atoms with Crippen LogP contribution in [0.25, 0.3) is 0 Å². The summed E-state index contributed by atoms with van der Waals surface area (Å²) in [6.07, 6.45) is 3.58. The van der Waals surface area contributed by atoms with Gasteiger partial charge in [-0.05, 0) is 55.3 Å². The lowest BCUT2D eigenvalue weighted by Crippen LogP contribution is -2.30. The fourth-order valence-electron chi connectivity index (χ4n) is 2.79. The Labute approximate surface area is 183 Å². The number of amidine groups is 1. The molecule has 3 rings (SSSR count). The second-order valence-electron chi connectivity index (χ2n) is 6.56. The fraction of sp³-hybridized carbons (Fsp3) is 0.300. The van der Waals surface area contributed by atoms with Crippen molar-refractivity contribution in [1.29, 1.82) is 0 Å². The monoisotopic (exact) mass is 495 g/mol. The maximum Gasteiger partial charge on any atom is 0.262 e. The van der Waals surface area contributed by atoms with E-state index in [4.69, 9.17) is 0 Å². The second-order valence-corrected chi connectivity index (χ2v) is 10.2. The molecule has 1 aliphatic rings. The third-order valence-electron chi connectivity index (χ3n) is 4.24. The number of anilines is 1. The minimum Gasteiger partial charge on any atom is -0.325 e. The number of thioether (sulfide) groups is 1. The average molecular weight is 496 g/mol. The van der Waals surface area contributed by atoms with E-state index in [1.54, 1.807) is 12.1 Å². The van der Waals surface area contributed by atoms with Crippen LogP contribution in [0.4, 0.5) is 5.69 Å². The number of nitrogens with one attached hydrogen (secondary N) is 2. The first-order chi connectivity index (χ1) is 13.9. The summed E-state index contributed by atoms with van der Waals surface area (Å²) >= 11 is 4.79. The Kier molecular flexibility index (Phi) is 7.74. The van der Waals surface area contributed by atoms with E-state index < -0.39 is 10.0 Å². The van der Waals surface area contributed by atoms with Gasteiger partial charge in [-0.25, -0.2) is 8.42 Å². The van der Waals surface area contributed by atoms with Crippen LogP contribution in [-0.4, -0.2) is 32.5 Å². The lowest BCUT2D eigenvalue weighted by Gasteiger charge is -2.11. The van der Waals surface area contributed by atoms with Crippen LogP contribution in [0.3, 0.4) is 0 Å². The summed E-state index contributed by atoms with van der Waals surface area (Å²) in [7, 11) is -3.74. The summed E-state index contributed by atoms with van der Waals surface area (Å²) < 4.78 is 28.9. The Morgan fingerprint density at radius 3 is 2.69 bits per heavy atom. The topological polar surface area (TPSA) is 87.6 Å². The van der Waals surface area contributed by atoms with Crippen molar-refractivity contribution in [3.8, 4) is 0 Å². The Morgan fingerprint density at radius 1 is 1.10 bits per heavy atom. The summed E-state index contributed by atoms with van der Waals surface area (Å²) in [5.41, 5.74) is 0.442. The van der Waals surface area contributed by atoms with Gasteiger partial charge in [-0.3, -0.25) is 14.5 Å². The van der Waals surface area contributed by atoms with Crippen molar-refractivity contribution in [2.45, 2.75) is 35.5 Å². The molecule has 1 heterocycles. The van der Waals surface area contributed by atoms with Crippen molar-refractivity contribution in [3.05, 3.63) is 53.0 Å². The number of sulfonamides is 1. The molecule has 1 amide bonds. The van der Waals surface area contributed by atoms with Gasteiger partial charge >= 0.3 is 0 Å². The number of carbonyl (C=O) groups excluding carboxylic acids is 1. The molecule has 0 saturated heterocycles. The van der Waals surface area contributed by atoms with Gasteiger partial charge in [0.1, 0.15) is 5.84 Å². The molecule has 0 saturated carbocycles. The van der Waals surface area contributed by atoms with Crippen molar-refractivity contribution in [3.63, 3.8) is 0 Å². The zero-order valence-electron chi connectivity index (χ0n) is 15.7. The summed E-state index contributed by atoms with van der Waals surface area (Å²) in [5, 5.41) is 2.76. The Morgan fingerprint density at radius 2 is 1.90 bits per heavy atom. The van der Waals surface area contributed by atoms with Crippen LogP contribution in [0, 0.1) is 0 Å². The fourth-order valence-corrected chi connectivity index (χ4v) is 4.89. The van der Waals surface area contributed by atoms with Gasteiger partial charge in [0, 0.05) is 28.0 Å². The van der Waals surface area contributed by atoms with Gasteiger partial charge in [0.25, 0.3) is 10.0 Å². The van der Waals surface area contributed by atoms with E-state index in [-0.39, 0.29) is 16.6 Å². The third kappa shape index (κ3) is 6.87. The summed E-state index contributed by atoms with van der Waals surface area (Å²) in [5.74, 6) is 0.532. The van der Waals surface area contributed by atoms with Crippen molar-refractivity contribution < 1.29 is 13.2 Å². The largest absolute Gasteiger partial charge is 0.325 e. The van der Waals surface area contributed by atoms with Gasteiger partial charge in [0.05, 0.1) is 10.6 Å². The van der Waals surface area contributed by atoms with Crippen LogP contribution in [0.1, 0.15) is 25.7 Å². The van der Waals surface area contributed by atoms with Crippen molar-refractivity contribution in [2.75, 3.05) is 17.6 Å². The molecule has 0 bridgehead atoms. The van der Waals surface area contributed by atoms with Gasteiger partial charge < -0.3 is 5.32 Å². The minimum atomic E-state index is -3.74. The molecule has 2 aromatic carbocycles. The summed E-state index contributed by atoms with van der Waals surface area (Å²) in [6, 6.07) is 13.9. The number of nitrogens with zero attached hydrogens (tertiary/aromatic N) is 1. The first-order valence-corrected chi connectivity index (χ1v) is 12.5. The number of benzene rings is 2. The van der Waals surface area contributed by atoms with E-state index in [1.165, 1.54) is 23.9 Å². The van der Waals surface area contributed by atoms with Crippen molar-refractivity contribution in [2.24, 2.45) is 4.99 Å². The first kappa shape index (κ1) is 21.9. The smallest absolute Gasteiger partial charge is 0.262 e. The number of halogens is 1. The van der Waals surface area contributed by atoms with E-state index in [9.17, 15) is 13.2 Å². The predicted molar refractivity (Wildman–Crippen MR) is 121 cm³/mol. The lowest BCUT2D eigenvalue weighted by molar-refractivity contribution is -0.113. The molecule has 29 heavy (non-hydrogen) atoms. The summed E-state index contributed by atoms with van der Waals surface area (Å²) in [6.45, 7) is 0.643. The molecule has 0 aromatic heterocycles. The number of aliphatic imine (C=N–C) groups is 1. The normalized spacial score (nSPS) is 14.6. The lowest BCUT2D eigenvalue weighted by atomic mass is 10.2. The van der Waals surface area contributed by atoms with Crippen molar-refractivity contribution in [1.82, 2.24) is 4.72 Å². The molecule has 0 aliphatic carbocycles. The average Bonchev–Trinajstić information content (AvgIpc) is 2.96. The van der Waals surface area contributed by atoms with Gasteiger partial charge in [0.2, 0.25) is 5.91 Å². The van der Waals surface area contributed by atoms with Crippen LogP contribution >= 0.6 is 27.7 Å². The second kappa shape index (κ2) is 10.3. The molecule has 2 aromatic rings. The third-order valence-corrected chi connectivity index (χ3v) is 7.16. The number of carbonyl (C=O) groups is 1. The van der Waals surface area contributed by atoms with Crippen LogP contribution in [0.2, 0.25) is 0 Å². The maximum atomic E-state index is 12.7. The van der Waals surface area contributed by atoms with E-state index in [2.05, 4.69) is 31.0 Å². The van der Waals surface area contributed by atoms with Gasteiger partial charge in [-0.2, -0.15) is 0 Å². The highest BCUT2D eigenvalue weighted by Crippen LogP contribution is 2.21. The SMILES string of the molecule is O=C(CSc1ccc(Br)cc1)Nc1cccc(S(=O)(=O)NC2=NCCCCC2)c1. The van der Waals surface area contributed by atoms with Crippen LogP contribution in [-0.2, 0) is 14.8 Å². The van der Waals surface area contributed by atoms with E-state index in [0.29, 0.717) is 24.5 Å². The van der Waals surface area contributed by atoms with Crippen LogP contribution < -0.4 is 10.0 Å². The zero-order valence-corrected chi connectivity index (χ0v) is 18.9. The molecule has 2 N–H and O–H groups in total. The van der Waals surface area contributed by atoms with E-state index in [0.717, 1.165) is 28.6 Å². The molecule has 154 valence electrons. The number of hydrogen-bond donors (Lipinski definition) is 2. The molecular weight excluding hydrogens is 474 g/mol.